The molecule has 16 heavy (non-hydrogen) atoms. The second kappa shape index (κ2) is 3.92. The van der Waals surface area contributed by atoms with Crippen LogP contribution in [0.2, 0.25) is 0 Å². The Hall–Kier alpha value is -1.91. The number of carboxylic acid groups (broad SMARTS) is 1. The van der Waals surface area contributed by atoms with Gasteiger partial charge in [0.25, 0.3) is 0 Å². The molecule has 1 aromatic heterocycles. The Morgan fingerprint density at radius 3 is 2.94 bits per heavy atom. The Bertz CT molecular complexity index is 533. The van der Waals surface area contributed by atoms with Crippen LogP contribution in [-0.4, -0.2) is 26.1 Å². The van der Waals surface area contributed by atoms with Gasteiger partial charge in [-0.25, -0.2) is 9.48 Å². The van der Waals surface area contributed by atoms with Crippen molar-refractivity contribution in [3.05, 3.63) is 23.8 Å². The minimum atomic E-state index is -0.932. The molecular formula is C11H13N3O2. The van der Waals surface area contributed by atoms with Gasteiger partial charge >= 0.3 is 5.97 Å². The summed E-state index contributed by atoms with van der Waals surface area (Å²) in [7, 11) is 0. The molecule has 5 nitrogen and oxygen atoms in total. The van der Waals surface area contributed by atoms with Crippen molar-refractivity contribution in [2.45, 2.75) is 26.3 Å². The summed E-state index contributed by atoms with van der Waals surface area (Å²) in [6.07, 6.45) is 0.926. The average molecular weight is 219 g/mol. The molecule has 1 aromatic carbocycles. The van der Waals surface area contributed by atoms with Crippen molar-refractivity contribution in [1.29, 1.82) is 0 Å². The first-order valence-corrected chi connectivity index (χ1v) is 5.21. The van der Waals surface area contributed by atoms with Gasteiger partial charge in [0.05, 0.1) is 17.1 Å². The predicted octanol–water partition coefficient (Wildman–Crippen LogP) is 2.10. The van der Waals surface area contributed by atoms with Crippen LogP contribution in [0.15, 0.2) is 18.2 Å². The van der Waals surface area contributed by atoms with Gasteiger partial charge in [-0.1, -0.05) is 12.1 Å². The van der Waals surface area contributed by atoms with Crippen molar-refractivity contribution < 1.29 is 9.90 Å². The molecule has 0 aliphatic rings. The third kappa shape index (κ3) is 1.64. The van der Waals surface area contributed by atoms with Gasteiger partial charge < -0.3 is 5.11 Å². The normalized spacial score (nSPS) is 12.9. The minimum absolute atomic E-state index is 0.217. The molecule has 2 rings (SSSR count). The van der Waals surface area contributed by atoms with Gasteiger partial charge in [-0.3, -0.25) is 0 Å². The average Bonchev–Trinajstić information content (AvgIpc) is 2.70. The van der Waals surface area contributed by atoms with E-state index in [-0.39, 0.29) is 11.6 Å². The van der Waals surface area contributed by atoms with Crippen LogP contribution in [-0.2, 0) is 0 Å². The number of carboxylic acids is 1. The Labute approximate surface area is 92.7 Å². The molecule has 0 spiro atoms. The van der Waals surface area contributed by atoms with Gasteiger partial charge in [-0.15, -0.1) is 5.10 Å². The topological polar surface area (TPSA) is 68.0 Å². The molecule has 0 radical (unpaired) electrons. The van der Waals surface area contributed by atoms with Crippen molar-refractivity contribution in [3.63, 3.8) is 0 Å². The first kappa shape index (κ1) is 10.6. The summed E-state index contributed by atoms with van der Waals surface area (Å²) in [4.78, 5) is 10.9. The highest BCUT2D eigenvalue weighted by Gasteiger charge is 2.12. The Kier molecular flexibility index (Phi) is 2.60. The number of aromatic nitrogens is 3. The molecule has 1 heterocycles. The van der Waals surface area contributed by atoms with Gasteiger partial charge in [0, 0.05) is 0 Å². The maximum atomic E-state index is 10.9. The molecular weight excluding hydrogens is 206 g/mol. The highest BCUT2D eigenvalue weighted by molar-refractivity contribution is 5.92. The number of carbonyl (C=O) groups is 1. The summed E-state index contributed by atoms with van der Waals surface area (Å²) < 4.78 is 1.77. The molecule has 0 aliphatic carbocycles. The highest BCUT2D eigenvalue weighted by atomic mass is 16.4. The number of nitrogens with zero attached hydrogens (tertiary/aromatic N) is 3. The quantitative estimate of drug-likeness (QED) is 0.858. The second-order valence-electron chi connectivity index (χ2n) is 3.80. The number of benzene rings is 1. The Morgan fingerprint density at radius 1 is 1.56 bits per heavy atom. The molecule has 0 saturated heterocycles. The van der Waals surface area contributed by atoms with Gasteiger partial charge in [0.2, 0.25) is 0 Å². The van der Waals surface area contributed by atoms with Crippen molar-refractivity contribution in [1.82, 2.24) is 15.0 Å². The zero-order chi connectivity index (χ0) is 11.7. The van der Waals surface area contributed by atoms with E-state index in [4.69, 9.17) is 5.11 Å². The first-order valence-electron chi connectivity index (χ1n) is 5.21. The summed E-state index contributed by atoms with van der Waals surface area (Å²) in [5, 5.41) is 17.0. The van der Waals surface area contributed by atoms with Crippen molar-refractivity contribution >= 4 is 17.0 Å². The molecule has 1 unspecified atom stereocenters. The van der Waals surface area contributed by atoms with Crippen LogP contribution >= 0.6 is 0 Å². The first-order chi connectivity index (χ1) is 7.63. The van der Waals surface area contributed by atoms with E-state index in [0.717, 1.165) is 17.5 Å². The third-order valence-electron chi connectivity index (χ3n) is 2.73. The molecule has 2 aromatic rings. The monoisotopic (exact) mass is 219 g/mol. The molecule has 0 aliphatic heterocycles. The second-order valence-corrected chi connectivity index (χ2v) is 3.80. The van der Waals surface area contributed by atoms with Crippen LogP contribution in [0.3, 0.4) is 0 Å². The lowest BCUT2D eigenvalue weighted by molar-refractivity contribution is 0.0697. The van der Waals surface area contributed by atoms with Crippen molar-refractivity contribution in [2.75, 3.05) is 0 Å². The lowest BCUT2D eigenvalue weighted by atomic mass is 10.2. The van der Waals surface area contributed by atoms with E-state index in [2.05, 4.69) is 17.2 Å². The van der Waals surface area contributed by atoms with Crippen LogP contribution in [0.4, 0.5) is 0 Å². The van der Waals surface area contributed by atoms with Gasteiger partial charge in [-0.05, 0) is 31.5 Å². The van der Waals surface area contributed by atoms with Crippen LogP contribution in [0.25, 0.3) is 11.0 Å². The number of rotatable bonds is 3. The van der Waals surface area contributed by atoms with Crippen LogP contribution in [0.5, 0.6) is 0 Å². The molecule has 5 heteroatoms. The van der Waals surface area contributed by atoms with Crippen LogP contribution < -0.4 is 0 Å². The minimum Gasteiger partial charge on any atom is -0.478 e. The fourth-order valence-corrected chi connectivity index (χ4v) is 1.57. The zero-order valence-corrected chi connectivity index (χ0v) is 9.21. The number of aromatic carboxylic acids is 1. The SMILES string of the molecule is CCC(C)n1nnc2ccc(C(=O)O)cc21. The largest absolute Gasteiger partial charge is 0.478 e. The van der Waals surface area contributed by atoms with E-state index in [9.17, 15) is 4.79 Å². The maximum Gasteiger partial charge on any atom is 0.335 e. The van der Waals surface area contributed by atoms with E-state index in [1.807, 2.05) is 6.92 Å². The number of fused-ring (bicyclic) bond motifs is 1. The standard InChI is InChI=1S/C11H13N3O2/c1-3-7(2)14-10-6-8(11(15)16)4-5-9(10)12-13-14/h4-7H,3H2,1-2H3,(H,15,16). The molecule has 0 bridgehead atoms. The van der Waals surface area contributed by atoms with E-state index < -0.39 is 5.97 Å². The summed E-state index contributed by atoms with van der Waals surface area (Å²) in [5.74, 6) is -0.932. The third-order valence-corrected chi connectivity index (χ3v) is 2.73. The lowest BCUT2D eigenvalue weighted by Gasteiger charge is -2.09. The van der Waals surface area contributed by atoms with Crippen molar-refractivity contribution in [2.24, 2.45) is 0 Å². The lowest BCUT2D eigenvalue weighted by Crippen LogP contribution is -2.06. The summed E-state index contributed by atoms with van der Waals surface area (Å²) in [6.45, 7) is 4.08. The number of hydrogen-bond acceptors (Lipinski definition) is 3. The summed E-state index contributed by atoms with van der Waals surface area (Å²) >= 11 is 0. The van der Waals surface area contributed by atoms with Crippen LogP contribution in [0.1, 0.15) is 36.7 Å². The smallest absolute Gasteiger partial charge is 0.335 e. The van der Waals surface area contributed by atoms with Crippen molar-refractivity contribution in [3.8, 4) is 0 Å². The summed E-state index contributed by atoms with van der Waals surface area (Å²) in [5.41, 5.74) is 1.76. The maximum absolute atomic E-state index is 10.9. The molecule has 0 amide bonds. The Morgan fingerprint density at radius 2 is 2.31 bits per heavy atom. The van der Waals surface area contributed by atoms with E-state index in [1.54, 1.807) is 22.9 Å². The predicted molar refractivity (Wildman–Crippen MR) is 59.5 cm³/mol. The molecule has 0 fully saturated rings. The van der Waals surface area contributed by atoms with Gasteiger partial charge in [0.1, 0.15) is 5.52 Å². The van der Waals surface area contributed by atoms with Gasteiger partial charge in [-0.2, -0.15) is 0 Å². The molecule has 0 saturated carbocycles. The van der Waals surface area contributed by atoms with Crippen LogP contribution in [0, 0.1) is 0 Å². The molecule has 1 N–H and O–H groups in total. The Balaban J connectivity index is 2.60. The fraction of sp³-hybridized carbons (Fsp3) is 0.364. The summed E-state index contributed by atoms with van der Waals surface area (Å²) in [6, 6.07) is 5.06. The van der Waals surface area contributed by atoms with E-state index in [0.29, 0.717) is 0 Å². The van der Waals surface area contributed by atoms with Gasteiger partial charge in [0.15, 0.2) is 0 Å². The van der Waals surface area contributed by atoms with E-state index in [1.165, 1.54) is 0 Å². The number of hydrogen-bond donors (Lipinski definition) is 1. The highest BCUT2D eigenvalue weighted by Crippen LogP contribution is 2.18. The van der Waals surface area contributed by atoms with E-state index >= 15 is 0 Å². The molecule has 84 valence electrons. The molecule has 1 atom stereocenters. The fourth-order valence-electron chi connectivity index (χ4n) is 1.57. The zero-order valence-electron chi connectivity index (χ0n) is 9.21.